The maximum absolute atomic E-state index is 12.9. The van der Waals surface area contributed by atoms with Crippen molar-refractivity contribution in [2.45, 2.75) is 84.0 Å². The number of nitrogens with one attached hydrogen (secondary N) is 3. The van der Waals surface area contributed by atoms with Crippen molar-refractivity contribution >= 4 is 35.6 Å². The summed E-state index contributed by atoms with van der Waals surface area (Å²) < 4.78 is 0. The third-order valence-electron chi connectivity index (χ3n) is 5.34. The Morgan fingerprint density at radius 1 is 0.794 bits per heavy atom. The highest BCUT2D eigenvalue weighted by Crippen LogP contribution is 2.11. The van der Waals surface area contributed by atoms with E-state index in [1.165, 1.54) is 0 Å². The molecule has 9 N–H and O–H groups in total. The first-order valence-corrected chi connectivity index (χ1v) is 11.1. The van der Waals surface area contributed by atoms with Crippen molar-refractivity contribution in [2.24, 2.45) is 23.3 Å². The van der Waals surface area contributed by atoms with Crippen LogP contribution in [0.15, 0.2) is 0 Å². The molecule has 0 aliphatic carbocycles. The number of rotatable bonds is 16. The summed E-state index contributed by atoms with van der Waals surface area (Å²) in [5.74, 6) is -6.20. The van der Waals surface area contributed by atoms with Gasteiger partial charge in [-0.25, -0.2) is 4.79 Å². The van der Waals surface area contributed by atoms with Gasteiger partial charge in [0.05, 0.1) is 6.04 Å². The van der Waals surface area contributed by atoms with Crippen molar-refractivity contribution in [3.05, 3.63) is 0 Å². The number of carboxylic acid groups (broad SMARTS) is 2. The maximum atomic E-state index is 12.9. The first-order valence-electron chi connectivity index (χ1n) is 11.1. The summed E-state index contributed by atoms with van der Waals surface area (Å²) in [6.07, 6.45) is -0.469. The Labute approximate surface area is 198 Å². The molecule has 0 rings (SSSR count). The fraction of sp³-hybridized carbons (Fsp3) is 0.714. The number of carboxylic acids is 2. The summed E-state index contributed by atoms with van der Waals surface area (Å²) in [4.78, 5) is 71.5. The number of carbonyl (C=O) groups is 6. The highest BCUT2D eigenvalue weighted by atomic mass is 16.4. The molecule has 0 aliphatic heterocycles. The predicted molar refractivity (Wildman–Crippen MR) is 121 cm³/mol. The van der Waals surface area contributed by atoms with Crippen molar-refractivity contribution in [2.75, 3.05) is 0 Å². The van der Waals surface area contributed by atoms with Crippen LogP contribution in [0.2, 0.25) is 0 Å². The van der Waals surface area contributed by atoms with E-state index in [4.69, 9.17) is 16.6 Å². The standard InChI is InChI=1S/C21H37N5O8/c1-5-11(4)17(21(33)34)26-20(32)16(10(2)3)25-19(31)13(7-8-14(23)27)24-18(30)12(22)6-9-15(28)29/h10-13,16-17H,5-9,22H2,1-4H3,(H2,23,27)(H,24,30)(H,25,31)(H,26,32)(H,28,29)(H,33,34). The molecule has 5 unspecified atom stereocenters. The molecule has 13 heteroatoms. The van der Waals surface area contributed by atoms with Crippen molar-refractivity contribution in [1.82, 2.24) is 16.0 Å². The number of nitrogens with two attached hydrogens (primary N) is 2. The molecule has 34 heavy (non-hydrogen) atoms. The van der Waals surface area contributed by atoms with Crippen LogP contribution in [0.3, 0.4) is 0 Å². The molecule has 0 spiro atoms. The van der Waals surface area contributed by atoms with Crippen LogP contribution in [0.1, 0.15) is 59.8 Å². The SMILES string of the molecule is CCC(C)C(NC(=O)C(NC(=O)C(CCC(N)=O)NC(=O)C(N)CCC(=O)O)C(C)C)C(=O)O. The number of primary amides is 1. The fourth-order valence-corrected chi connectivity index (χ4v) is 2.96. The Bertz CT molecular complexity index is 757. The van der Waals surface area contributed by atoms with Gasteiger partial charge in [-0.3, -0.25) is 24.0 Å². The van der Waals surface area contributed by atoms with Crippen LogP contribution in [0.4, 0.5) is 0 Å². The number of aliphatic carboxylic acids is 2. The minimum absolute atomic E-state index is 0.172. The third-order valence-corrected chi connectivity index (χ3v) is 5.34. The van der Waals surface area contributed by atoms with Gasteiger partial charge in [0.2, 0.25) is 23.6 Å². The van der Waals surface area contributed by atoms with Gasteiger partial charge < -0.3 is 37.6 Å². The van der Waals surface area contributed by atoms with E-state index in [0.717, 1.165) is 0 Å². The average Bonchev–Trinajstić information content (AvgIpc) is 2.74. The molecule has 0 aromatic carbocycles. The molecule has 0 aromatic rings. The third kappa shape index (κ3) is 11.1. The number of hydrogen-bond donors (Lipinski definition) is 7. The zero-order valence-corrected chi connectivity index (χ0v) is 20.0. The topological polar surface area (TPSA) is 231 Å². The molecular formula is C21H37N5O8. The highest BCUT2D eigenvalue weighted by molar-refractivity contribution is 5.94. The summed E-state index contributed by atoms with van der Waals surface area (Å²) in [5, 5.41) is 25.4. The van der Waals surface area contributed by atoms with E-state index in [0.29, 0.717) is 6.42 Å². The van der Waals surface area contributed by atoms with Gasteiger partial charge >= 0.3 is 11.9 Å². The summed E-state index contributed by atoms with van der Waals surface area (Å²) in [6, 6.07) is -4.79. The zero-order chi connectivity index (χ0) is 26.6. The van der Waals surface area contributed by atoms with E-state index in [1.54, 1.807) is 27.7 Å². The Hall–Kier alpha value is -3.22. The van der Waals surface area contributed by atoms with E-state index in [9.17, 15) is 33.9 Å². The number of amides is 4. The molecule has 0 saturated carbocycles. The molecule has 194 valence electrons. The quantitative estimate of drug-likeness (QED) is 0.137. The smallest absolute Gasteiger partial charge is 0.326 e. The molecule has 0 fully saturated rings. The molecule has 0 bridgehead atoms. The van der Waals surface area contributed by atoms with Crippen LogP contribution in [-0.2, 0) is 28.8 Å². The normalized spacial score (nSPS) is 15.4. The summed E-state index contributed by atoms with van der Waals surface area (Å²) in [7, 11) is 0. The lowest BCUT2D eigenvalue weighted by atomic mass is 9.97. The lowest BCUT2D eigenvalue weighted by Crippen LogP contribution is -2.59. The van der Waals surface area contributed by atoms with E-state index in [1.807, 2.05) is 0 Å². The van der Waals surface area contributed by atoms with Gasteiger partial charge in [0.25, 0.3) is 0 Å². The van der Waals surface area contributed by atoms with Gasteiger partial charge in [0, 0.05) is 12.8 Å². The first-order chi connectivity index (χ1) is 15.7. The number of hydrogen-bond acceptors (Lipinski definition) is 7. The van der Waals surface area contributed by atoms with Crippen molar-refractivity contribution in [1.29, 1.82) is 0 Å². The Balaban J connectivity index is 5.51. The molecule has 0 heterocycles. The van der Waals surface area contributed by atoms with Crippen LogP contribution >= 0.6 is 0 Å². The largest absolute Gasteiger partial charge is 0.481 e. The molecule has 4 amide bonds. The minimum atomic E-state index is -1.28. The van der Waals surface area contributed by atoms with Crippen LogP contribution in [0.25, 0.3) is 0 Å². The van der Waals surface area contributed by atoms with Gasteiger partial charge in [0.15, 0.2) is 0 Å². The summed E-state index contributed by atoms with van der Waals surface area (Å²) >= 11 is 0. The molecule has 0 aliphatic rings. The van der Waals surface area contributed by atoms with Crippen molar-refractivity contribution < 1.29 is 39.0 Å². The minimum Gasteiger partial charge on any atom is -0.481 e. The van der Waals surface area contributed by atoms with Crippen LogP contribution < -0.4 is 27.4 Å². The molecule has 13 nitrogen and oxygen atoms in total. The average molecular weight is 488 g/mol. The molecule has 0 saturated heterocycles. The van der Waals surface area contributed by atoms with Gasteiger partial charge in [-0.2, -0.15) is 0 Å². The lowest BCUT2D eigenvalue weighted by molar-refractivity contribution is -0.144. The van der Waals surface area contributed by atoms with Crippen LogP contribution in [0, 0.1) is 11.8 Å². The molecule has 0 aromatic heterocycles. The summed E-state index contributed by atoms with van der Waals surface area (Å²) in [6.45, 7) is 6.73. The molecular weight excluding hydrogens is 450 g/mol. The van der Waals surface area contributed by atoms with E-state index in [2.05, 4.69) is 16.0 Å². The monoisotopic (exact) mass is 487 g/mol. The van der Waals surface area contributed by atoms with E-state index < -0.39 is 65.7 Å². The maximum Gasteiger partial charge on any atom is 0.326 e. The predicted octanol–water partition coefficient (Wildman–Crippen LogP) is -1.31. The van der Waals surface area contributed by atoms with Gasteiger partial charge in [-0.1, -0.05) is 34.1 Å². The van der Waals surface area contributed by atoms with E-state index in [-0.39, 0.29) is 31.6 Å². The fourth-order valence-electron chi connectivity index (χ4n) is 2.96. The van der Waals surface area contributed by atoms with Gasteiger partial charge in [-0.05, 0) is 24.7 Å². The summed E-state index contributed by atoms with van der Waals surface area (Å²) in [5.41, 5.74) is 10.8. The highest BCUT2D eigenvalue weighted by Gasteiger charge is 2.33. The van der Waals surface area contributed by atoms with Crippen molar-refractivity contribution in [3.8, 4) is 0 Å². The Morgan fingerprint density at radius 2 is 1.35 bits per heavy atom. The van der Waals surface area contributed by atoms with Crippen LogP contribution in [0.5, 0.6) is 0 Å². The lowest BCUT2D eigenvalue weighted by Gasteiger charge is -2.28. The van der Waals surface area contributed by atoms with Crippen molar-refractivity contribution in [3.63, 3.8) is 0 Å². The van der Waals surface area contributed by atoms with E-state index >= 15 is 0 Å². The second-order valence-electron chi connectivity index (χ2n) is 8.55. The Kier molecular flexibility index (Phi) is 13.4. The Morgan fingerprint density at radius 3 is 1.79 bits per heavy atom. The second kappa shape index (κ2) is 14.8. The molecule has 0 radical (unpaired) electrons. The second-order valence-corrected chi connectivity index (χ2v) is 8.55. The van der Waals surface area contributed by atoms with Crippen LogP contribution in [-0.4, -0.2) is 69.9 Å². The van der Waals surface area contributed by atoms with Gasteiger partial charge in [-0.15, -0.1) is 0 Å². The number of carbonyl (C=O) groups excluding carboxylic acids is 4. The molecule has 5 atom stereocenters. The van der Waals surface area contributed by atoms with Gasteiger partial charge in [0.1, 0.15) is 18.1 Å². The first kappa shape index (κ1) is 30.8. The zero-order valence-electron chi connectivity index (χ0n) is 20.0.